The first kappa shape index (κ1) is 12.8. The topological polar surface area (TPSA) is 75.4 Å². The van der Waals surface area contributed by atoms with Crippen LogP contribution >= 0.6 is 0 Å². The summed E-state index contributed by atoms with van der Waals surface area (Å²) in [4.78, 5) is 10.4. The van der Waals surface area contributed by atoms with E-state index in [0.29, 0.717) is 0 Å². The highest BCUT2D eigenvalue weighted by Crippen LogP contribution is 2.30. The lowest BCUT2D eigenvalue weighted by Gasteiger charge is -2.21. The second kappa shape index (κ2) is 5.35. The summed E-state index contributed by atoms with van der Waals surface area (Å²) in [7, 11) is 0. The first-order valence-electron chi connectivity index (χ1n) is 6.24. The minimum absolute atomic E-state index is 0.0987. The van der Waals surface area contributed by atoms with Gasteiger partial charge in [-0.3, -0.25) is 10.1 Å². The van der Waals surface area contributed by atoms with Crippen molar-refractivity contribution in [3.05, 3.63) is 33.9 Å². The monoisotopic (exact) mass is 250 g/mol. The number of nitro groups is 1. The van der Waals surface area contributed by atoms with E-state index in [1.54, 1.807) is 12.1 Å². The Bertz CT molecular complexity index is 448. The zero-order valence-electron chi connectivity index (χ0n) is 10.4. The molecule has 1 aromatic carbocycles. The summed E-state index contributed by atoms with van der Waals surface area (Å²) < 4.78 is 0. The summed E-state index contributed by atoms with van der Waals surface area (Å²) in [5.74, 6) is 0.253. The molecule has 0 heterocycles. The Morgan fingerprint density at radius 2 is 2.28 bits per heavy atom. The molecule has 0 aliphatic heterocycles. The Labute approximate surface area is 106 Å². The molecule has 0 radical (unpaired) electrons. The van der Waals surface area contributed by atoms with Gasteiger partial charge in [0.05, 0.1) is 4.92 Å². The molecule has 2 N–H and O–H groups in total. The van der Waals surface area contributed by atoms with Gasteiger partial charge in [-0.25, -0.2) is 0 Å². The first-order chi connectivity index (χ1) is 8.61. The van der Waals surface area contributed by atoms with Gasteiger partial charge in [-0.15, -0.1) is 0 Å². The van der Waals surface area contributed by atoms with Crippen molar-refractivity contribution in [2.45, 2.75) is 32.2 Å². The number of aliphatic hydroxyl groups excluding tert-OH is 1. The Hall–Kier alpha value is -1.62. The van der Waals surface area contributed by atoms with Crippen LogP contribution in [0.15, 0.2) is 18.2 Å². The van der Waals surface area contributed by atoms with Gasteiger partial charge < -0.3 is 10.4 Å². The molecule has 1 aliphatic rings. The number of aliphatic hydroxyl groups is 1. The normalized spacial score (nSPS) is 23.0. The van der Waals surface area contributed by atoms with Gasteiger partial charge in [0, 0.05) is 36.4 Å². The van der Waals surface area contributed by atoms with E-state index >= 15 is 0 Å². The lowest BCUT2D eigenvalue weighted by molar-refractivity contribution is -0.384. The fraction of sp³-hybridized carbons (Fsp3) is 0.538. The summed E-state index contributed by atoms with van der Waals surface area (Å²) in [6, 6.07) is 5.06. The smallest absolute Gasteiger partial charge is 0.271 e. The van der Waals surface area contributed by atoms with E-state index in [0.717, 1.165) is 30.5 Å². The molecule has 0 bridgehead atoms. The van der Waals surface area contributed by atoms with E-state index in [9.17, 15) is 15.2 Å². The predicted octanol–water partition coefficient (Wildman–Crippen LogP) is 2.48. The minimum atomic E-state index is -0.386. The number of nitrogens with zero attached hydrogens (tertiary/aromatic N) is 1. The molecule has 2 rings (SSSR count). The van der Waals surface area contributed by atoms with Crippen LogP contribution in [-0.4, -0.2) is 22.7 Å². The van der Waals surface area contributed by atoms with Crippen molar-refractivity contribution in [3.8, 4) is 0 Å². The molecule has 98 valence electrons. The molecule has 2 unspecified atom stereocenters. The Morgan fingerprint density at radius 3 is 2.94 bits per heavy atom. The van der Waals surface area contributed by atoms with Gasteiger partial charge in [0.25, 0.3) is 5.69 Å². The van der Waals surface area contributed by atoms with Gasteiger partial charge in [0.15, 0.2) is 0 Å². The maximum absolute atomic E-state index is 10.8. The van der Waals surface area contributed by atoms with Crippen molar-refractivity contribution < 1.29 is 10.0 Å². The van der Waals surface area contributed by atoms with Crippen LogP contribution in [0.3, 0.4) is 0 Å². The van der Waals surface area contributed by atoms with Gasteiger partial charge in [-0.2, -0.15) is 0 Å². The summed E-state index contributed by atoms with van der Waals surface area (Å²) in [6.07, 6.45) is 3.12. The molecule has 18 heavy (non-hydrogen) atoms. The minimum Gasteiger partial charge on any atom is -0.396 e. The third kappa shape index (κ3) is 2.61. The zero-order chi connectivity index (χ0) is 13.1. The maximum Gasteiger partial charge on any atom is 0.271 e. The number of hydrogen-bond acceptors (Lipinski definition) is 4. The molecule has 1 aromatic rings. The fourth-order valence-corrected chi connectivity index (χ4v) is 2.52. The molecule has 0 saturated heterocycles. The van der Waals surface area contributed by atoms with Crippen molar-refractivity contribution in [3.63, 3.8) is 0 Å². The van der Waals surface area contributed by atoms with Crippen LogP contribution in [0.5, 0.6) is 0 Å². The fourth-order valence-electron chi connectivity index (χ4n) is 2.52. The molecular weight excluding hydrogens is 232 g/mol. The molecule has 1 aliphatic carbocycles. The van der Waals surface area contributed by atoms with Gasteiger partial charge in [0.1, 0.15) is 0 Å². The highest BCUT2D eigenvalue weighted by molar-refractivity contribution is 5.57. The second-order valence-electron chi connectivity index (χ2n) is 4.88. The standard InChI is InChI=1S/C13H18N2O3/c1-9-5-6-11(15(17)18)7-13(9)14-12-4-2-3-10(12)8-16/h5-7,10,12,14,16H,2-4,8H2,1H3. The van der Waals surface area contributed by atoms with E-state index in [4.69, 9.17) is 0 Å². The van der Waals surface area contributed by atoms with Crippen molar-refractivity contribution in [1.82, 2.24) is 0 Å². The molecule has 1 fully saturated rings. The predicted molar refractivity (Wildman–Crippen MR) is 69.7 cm³/mol. The Morgan fingerprint density at radius 1 is 1.50 bits per heavy atom. The van der Waals surface area contributed by atoms with E-state index in [1.807, 2.05) is 6.92 Å². The molecule has 5 heteroatoms. The average molecular weight is 250 g/mol. The lowest BCUT2D eigenvalue weighted by atomic mass is 10.0. The van der Waals surface area contributed by atoms with Crippen LogP contribution in [0.1, 0.15) is 24.8 Å². The molecule has 0 aromatic heterocycles. The Kier molecular flexibility index (Phi) is 3.81. The molecule has 0 amide bonds. The van der Waals surface area contributed by atoms with Crippen LogP contribution in [0.25, 0.3) is 0 Å². The number of rotatable bonds is 4. The highest BCUT2D eigenvalue weighted by atomic mass is 16.6. The van der Waals surface area contributed by atoms with Gasteiger partial charge in [-0.1, -0.05) is 12.5 Å². The third-order valence-electron chi connectivity index (χ3n) is 3.67. The maximum atomic E-state index is 10.8. The van der Waals surface area contributed by atoms with Crippen LogP contribution in [0, 0.1) is 23.0 Å². The van der Waals surface area contributed by atoms with Crippen LogP contribution < -0.4 is 5.32 Å². The number of anilines is 1. The summed E-state index contributed by atoms with van der Waals surface area (Å²) in [5, 5.41) is 23.4. The van der Waals surface area contributed by atoms with Crippen LogP contribution in [0.2, 0.25) is 0 Å². The Balaban J connectivity index is 2.17. The van der Waals surface area contributed by atoms with Crippen molar-refractivity contribution >= 4 is 11.4 Å². The number of benzene rings is 1. The molecule has 5 nitrogen and oxygen atoms in total. The van der Waals surface area contributed by atoms with Gasteiger partial charge in [-0.05, 0) is 25.3 Å². The van der Waals surface area contributed by atoms with Crippen LogP contribution in [-0.2, 0) is 0 Å². The molecular formula is C13H18N2O3. The number of nitrogens with one attached hydrogen (secondary N) is 1. The van der Waals surface area contributed by atoms with Crippen molar-refractivity contribution in [2.75, 3.05) is 11.9 Å². The zero-order valence-corrected chi connectivity index (χ0v) is 10.4. The SMILES string of the molecule is Cc1ccc([N+](=O)[O-])cc1NC1CCCC1CO. The first-order valence-corrected chi connectivity index (χ1v) is 6.24. The van der Waals surface area contributed by atoms with Crippen molar-refractivity contribution in [2.24, 2.45) is 5.92 Å². The number of aryl methyl sites for hydroxylation is 1. The van der Waals surface area contributed by atoms with E-state index in [-0.39, 0.29) is 29.2 Å². The molecule has 0 spiro atoms. The second-order valence-corrected chi connectivity index (χ2v) is 4.88. The van der Waals surface area contributed by atoms with Gasteiger partial charge in [0.2, 0.25) is 0 Å². The average Bonchev–Trinajstić information content (AvgIpc) is 2.79. The molecule has 2 atom stereocenters. The van der Waals surface area contributed by atoms with Crippen LogP contribution in [0.4, 0.5) is 11.4 Å². The largest absolute Gasteiger partial charge is 0.396 e. The van der Waals surface area contributed by atoms with Crippen molar-refractivity contribution in [1.29, 1.82) is 0 Å². The van der Waals surface area contributed by atoms with E-state index in [1.165, 1.54) is 6.07 Å². The van der Waals surface area contributed by atoms with Gasteiger partial charge >= 0.3 is 0 Å². The summed E-state index contributed by atoms with van der Waals surface area (Å²) >= 11 is 0. The quantitative estimate of drug-likeness (QED) is 0.636. The number of hydrogen-bond donors (Lipinski definition) is 2. The van der Waals surface area contributed by atoms with E-state index < -0.39 is 0 Å². The third-order valence-corrected chi connectivity index (χ3v) is 3.67. The highest BCUT2D eigenvalue weighted by Gasteiger charge is 2.27. The lowest BCUT2D eigenvalue weighted by Crippen LogP contribution is -2.26. The number of nitro benzene ring substituents is 1. The summed E-state index contributed by atoms with van der Waals surface area (Å²) in [6.45, 7) is 2.10. The van der Waals surface area contributed by atoms with E-state index in [2.05, 4.69) is 5.32 Å². The molecule has 1 saturated carbocycles. The summed E-state index contributed by atoms with van der Waals surface area (Å²) in [5.41, 5.74) is 1.89. The number of non-ortho nitro benzene ring substituents is 1.